The number of hydrogen-bond acceptors (Lipinski definition) is 6. The number of carbonyl (C=O) groups is 3. The molecule has 1 rings (SSSR count). The lowest BCUT2D eigenvalue weighted by atomic mass is 9.99. The van der Waals surface area contributed by atoms with Crippen molar-refractivity contribution in [1.29, 1.82) is 0 Å². The molecule has 0 aliphatic carbocycles. The van der Waals surface area contributed by atoms with Gasteiger partial charge in [0.15, 0.2) is 5.78 Å². The first-order valence-electron chi connectivity index (χ1n) is 6.86. The Balaban J connectivity index is 2.49. The highest BCUT2D eigenvalue weighted by Gasteiger charge is 2.22. The fourth-order valence-electron chi connectivity index (χ4n) is 1.62. The van der Waals surface area contributed by atoms with Crippen LogP contribution in [-0.4, -0.2) is 45.5 Å². The molecule has 23 heavy (non-hydrogen) atoms. The number of rotatable bonds is 10. The second kappa shape index (κ2) is 9.59. The lowest BCUT2D eigenvalue weighted by molar-refractivity contribution is -0.141. The van der Waals surface area contributed by atoms with E-state index in [9.17, 15) is 19.5 Å². The van der Waals surface area contributed by atoms with E-state index in [2.05, 4.69) is 0 Å². The second-order valence-corrected chi connectivity index (χ2v) is 7.59. The fraction of sp³-hybridized carbons (Fsp3) is 0.400. The number of Topliss-reactive ketones (excluding diaryl/α,β-unsaturated/α-hetero) is 1. The van der Waals surface area contributed by atoms with Crippen molar-refractivity contribution in [2.24, 2.45) is 11.7 Å². The van der Waals surface area contributed by atoms with E-state index >= 15 is 0 Å². The van der Waals surface area contributed by atoms with Crippen LogP contribution < -0.4 is 5.73 Å². The zero-order valence-electron chi connectivity index (χ0n) is 12.6. The zero-order valence-corrected chi connectivity index (χ0v) is 14.2. The molecule has 0 aliphatic rings. The van der Waals surface area contributed by atoms with Gasteiger partial charge in [-0.1, -0.05) is 51.4 Å². The van der Waals surface area contributed by atoms with Crippen LogP contribution in [0.4, 0.5) is 0 Å². The van der Waals surface area contributed by atoms with Crippen molar-refractivity contribution in [2.45, 2.75) is 19.4 Å². The van der Waals surface area contributed by atoms with Crippen LogP contribution in [0.2, 0.25) is 0 Å². The molecular formula is C15H19NO5S2. The molecule has 0 spiro atoms. The highest BCUT2D eigenvalue weighted by molar-refractivity contribution is 8.76. The lowest BCUT2D eigenvalue weighted by Gasteiger charge is -2.12. The van der Waals surface area contributed by atoms with Crippen molar-refractivity contribution in [3.63, 3.8) is 0 Å². The predicted molar refractivity (Wildman–Crippen MR) is 91.8 cm³/mol. The monoisotopic (exact) mass is 357 g/mol. The van der Waals surface area contributed by atoms with E-state index in [1.807, 2.05) is 6.92 Å². The van der Waals surface area contributed by atoms with E-state index in [1.165, 1.54) is 21.6 Å². The van der Waals surface area contributed by atoms with Crippen LogP contribution in [-0.2, 0) is 9.59 Å². The molecule has 0 aliphatic heterocycles. The Labute approximate surface area is 142 Å². The maximum atomic E-state index is 12.1. The molecule has 0 aromatic heterocycles. The van der Waals surface area contributed by atoms with Gasteiger partial charge in [0.25, 0.3) is 0 Å². The number of aliphatic carboxylic acids is 2. The standard InChI is InChI=1S/C15H19NO5S2/c1-9-2-4-10(5-3-9)13(17)6-11(14(18)19)7-22-23-8-12(16)15(20)21/h2-5,11-12H,6-8,16H2,1H3,(H,18,19)(H,20,21)/t11?,12-/m0/s1. The highest BCUT2D eigenvalue weighted by atomic mass is 33.1. The van der Waals surface area contributed by atoms with Crippen LogP contribution >= 0.6 is 21.6 Å². The lowest BCUT2D eigenvalue weighted by Crippen LogP contribution is -2.32. The number of hydrogen-bond donors (Lipinski definition) is 3. The summed E-state index contributed by atoms with van der Waals surface area (Å²) in [5.74, 6) is -2.78. The summed E-state index contributed by atoms with van der Waals surface area (Å²) in [6.07, 6.45) is -0.0864. The molecule has 126 valence electrons. The Morgan fingerprint density at radius 1 is 1.04 bits per heavy atom. The summed E-state index contributed by atoms with van der Waals surface area (Å²) in [7, 11) is 2.41. The smallest absolute Gasteiger partial charge is 0.321 e. The van der Waals surface area contributed by atoms with E-state index in [-0.39, 0.29) is 23.7 Å². The van der Waals surface area contributed by atoms with Gasteiger partial charge in [0.1, 0.15) is 6.04 Å². The first-order chi connectivity index (χ1) is 10.8. The quantitative estimate of drug-likeness (QED) is 0.331. The third kappa shape index (κ3) is 7.06. The van der Waals surface area contributed by atoms with Gasteiger partial charge >= 0.3 is 11.9 Å². The van der Waals surface area contributed by atoms with Gasteiger partial charge in [-0.05, 0) is 6.92 Å². The molecule has 0 radical (unpaired) electrons. The molecule has 8 heteroatoms. The Morgan fingerprint density at radius 3 is 2.13 bits per heavy atom. The van der Waals surface area contributed by atoms with Gasteiger partial charge in [0.2, 0.25) is 0 Å². The summed E-state index contributed by atoms with van der Waals surface area (Å²) in [6, 6.07) is 6.00. The number of ketones is 1. The van der Waals surface area contributed by atoms with Crippen molar-refractivity contribution in [3.8, 4) is 0 Å². The minimum absolute atomic E-state index is 0.0864. The predicted octanol–water partition coefficient (Wildman–Crippen LogP) is 2.06. The Hall–Kier alpha value is -1.51. The molecule has 1 unspecified atom stereocenters. The van der Waals surface area contributed by atoms with Crippen LogP contribution in [0.5, 0.6) is 0 Å². The van der Waals surface area contributed by atoms with E-state index in [1.54, 1.807) is 24.3 Å². The first kappa shape index (κ1) is 19.5. The Morgan fingerprint density at radius 2 is 1.61 bits per heavy atom. The van der Waals surface area contributed by atoms with Gasteiger partial charge in [-0.3, -0.25) is 14.4 Å². The molecule has 0 amide bonds. The fourth-order valence-corrected chi connectivity index (χ4v) is 4.04. The zero-order chi connectivity index (χ0) is 17.4. The molecule has 0 fully saturated rings. The third-order valence-corrected chi connectivity index (χ3v) is 5.59. The van der Waals surface area contributed by atoms with Gasteiger partial charge in [0, 0.05) is 23.5 Å². The van der Waals surface area contributed by atoms with E-state index in [0.29, 0.717) is 5.56 Å². The average molecular weight is 357 g/mol. The molecular weight excluding hydrogens is 338 g/mol. The molecule has 0 saturated heterocycles. The Kier molecular flexibility index (Phi) is 8.15. The molecule has 0 heterocycles. The van der Waals surface area contributed by atoms with Crippen LogP contribution in [0.15, 0.2) is 24.3 Å². The Bertz CT molecular complexity index is 561. The summed E-state index contributed by atoms with van der Waals surface area (Å²) < 4.78 is 0. The van der Waals surface area contributed by atoms with Crippen LogP contribution in [0.1, 0.15) is 22.3 Å². The molecule has 0 bridgehead atoms. The maximum Gasteiger partial charge on any atom is 0.321 e. The number of carbonyl (C=O) groups excluding carboxylic acids is 1. The van der Waals surface area contributed by atoms with Crippen molar-refractivity contribution in [1.82, 2.24) is 0 Å². The molecule has 4 N–H and O–H groups in total. The van der Waals surface area contributed by atoms with Gasteiger partial charge in [-0.25, -0.2) is 0 Å². The summed E-state index contributed by atoms with van der Waals surface area (Å²) in [4.78, 5) is 34.0. The number of carboxylic acid groups (broad SMARTS) is 2. The number of aryl methyl sites for hydroxylation is 1. The van der Waals surface area contributed by atoms with Crippen LogP contribution in [0.3, 0.4) is 0 Å². The van der Waals surface area contributed by atoms with Crippen LogP contribution in [0.25, 0.3) is 0 Å². The van der Waals surface area contributed by atoms with Crippen molar-refractivity contribution in [2.75, 3.05) is 11.5 Å². The van der Waals surface area contributed by atoms with Crippen molar-refractivity contribution in [3.05, 3.63) is 35.4 Å². The van der Waals surface area contributed by atoms with Gasteiger partial charge < -0.3 is 15.9 Å². The number of nitrogens with two attached hydrogens (primary N) is 1. The van der Waals surface area contributed by atoms with E-state index < -0.39 is 23.9 Å². The van der Waals surface area contributed by atoms with Crippen molar-refractivity contribution < 1.29 is 24.6 Å². The highest BCUT2D eigenvalue weighted by Crippen LogP contribution is 2.26. The molecule has 6 nitrogen and oxygen atoms in total. The number of carboxylic acids is 2. The summed E-state index contributed by atoms with van der Waals surface area (Å²) in [5.41, 5.74) is 6.88. The third-order valence-electron chi connectivity index (χ3n) is 3.07. The minimum atomic E-state index is -1.09. The molecule has 2 atom stereocenters. The van der Waals surface area contributed by atoms with E-state index in [0.717, 1.165) is 5.56 Å². The normalized spacial score (nSPS) is 13.3. The topological polar surface area (TPSA) is 118 Å². The van der Waals surface area contributed by atoms with Crippen LogP contribution in [0, 0.1) is 12.8 Å². The molecule has 0 saturated carbocycles. The maximum absolute atomic E-state index is 12.1. The summed E-state index contributed by atoms with van der Waals surface area (Å²) in [6.45, 7) is 1.91. The van der Waals surface area contributed by atoms with Gasteiger partial charge in [0.05, 0.1) is 5.92 Å². The summed E-state index contributed by atoms with van der Waals surface area (Å²) >= 11 is 0. The van der Waals surface area contributed by atoms with E-state index in [4.69, 9.17) is 10.8 Å². The molecule has 1 aromatic carbocycles. The largest absolute Gasteiger partial charge is 0.481 e. The summed E-state index contributed by atoms with van der Waals surface area (Å²) in [5, 5.41) is 17.9. The second-order valence-electron chi connectivity index (χ2n) is 5.04. The first-order valence-corrected chi connectivity index (χ1v) is 9.35. The minimum Gasteiger partial charge on any atom is -0.481 e. The number of benzene rings is 1. The SMILES string of the molecule is Cc1ccc(C(=O)CC(CSSC[C@H](N)C(=O)O)C(=O)O)cc1. The molecule has 1 aromatic rings. The van der Waals surface area contributed by atoms with Gasteiger partial charge in [-0.15, -0.1) is 0 Å². The average Bonchev–Trinajstić information content (AvgIpc) is 2.50. The van der Waals surface area contributed by atoms with Crippen molar-refractivity contribution >= 4 is 39.3 Å². The van der Waals surface area contributed by atoms with Gasteiger partial charge in [-0.2, -0.15) is 0 Å².